The normalized spacial score (nSPS) is 12.7. The molecule has 0 heterocycles. The molecule has 0 aromatic heterocycles. The lowest BCUT2D eigenvalue weighted by Crippen LogP contribution is -2.22. The highest BCUT2D eigenvalue weighted by molar-refractivity contribution is 6.30. The molecule has 1 aromatic rings. The topological polar surface area (TPSA) is 12.0 Å². The highest BCUT2D eigenvalue weighted by Gasteiger charge is 2.17. The zero-order valence-electron chi connectivity index (χ0n) is 12.3. The van der Waals surface area contributed by atoms with Crippen LogP contribution in [-0.4, -0.2) is 6.54 Å². The molecule has 1 N–H and O–H groups in total. The summed E-state index contributed by atoms with van der Waals surface area (Å²) in [5, 5.41) is 3.07. The average Bonchev–Trinajstić information content (AvgIpc) is 2.41. The predicted octanol–water partition coefficient (Wildman–Crippen LogP) is 5.63. The minimum absolute atomic E-state index is 0.145. The van der Waals surface area contributed by atoms with E-state index in [1.54, 1.807) is 0 Å². The van der Waals surface area contributed by atoms with Crippen LogP contribution in [0.15, 0.2) is 12.1 Å². The quantitative estimate of drug-likeness (QED) is 0.460. The van der Waals surface area contributed by atoms with Gasteiger partial charge >= 0.3 is 0 Å². The summed E-state index contributed by atoms with van der Waals surface area (Å²) >= 11 is 5.59. The molecule has 1 atom stereocenters. The summed E-state index contributed by atoms with van der Waals surface area (Å²) in [6.07, 6.45) is 6.60. The molecule has 0 saturated carbocycles. The number of unbranched alkanes of at least 4 members (excludes halogenated alkanes) is 4. The van der Waals surface area contributed by atoms with Gasteiger partial charge in [-0.1, -0.05) is 57.6 Å². The van der Waals surface area contributed by atoms with Crippen LogP contribution >= 0.6 is 11.6 Å². The Balaban J connectivity index is 2.67. The van der Waals surface area contributed by atoms with Gasteiger partial charge in [-0.05, 0) is 25.1 Å². The first-order valence-electron chi connectivity index (χ1n) is 7.48. The van der Waals surface area contributed by atoms with E-state index in [1.807, 2.05) is 6.92 Å². The summed E-state index contributed by atoms with van der Waals surface area (Å²) < 4.78 is 27.5. The second-order valence-electron chi connectivity index (χ2n) is 5.10. The summed E-state index contributed by atoms with van der Waals surface area (Å²) in [7, 11) is 0. The lowest BCUT2D eigenvalue weighted by Gasteiger charge is -2.19. The zero-order chi connectivity index (χ0) is 15.0. The molecule has 1 unspecified atom stereocenters. The van der Waals surface area contributed by atoms with Gasteiger partial charge < -0.3 is 5.32 Å². The number of rotatable bonds is 9. The summed E-state index contributed by atoms with van der Waals surface area (Å²) in [6.45, 7) is 4.87. The van der Waals surface area contributed by atoms with E-state index >= 15 is 0 Å². The molecule has 114 valence electrons. The number of hydrogen-bond donors (Lipinski definition) is 1. The van der Waals surface area contributed by atoms with Gasteiger partial charge in [-0.3, -0.25) is 0 Å². The minimum Gasteiger partial charge on any atom is -0.310 e. The van der Waals surface area contributed by atoms with Gasteiger partial charge in [0.1, 0.15) is 11.6 Å². The van der Waals surface area contributed by atoms with E-state index in [0.29, 0.717) is 5.56 Å². The highest BCUT2D eigenvalue weighted by Crippen LogP contribution is 2.27. The molecule has 0 aliphatic heterocycles. The summed E-state index contributed by atoms with van der Waals surface area (Å²) in [6, 6.07) is 2.14. The van der Waals surface area contributed by atoms with Gasteiger partial charge in [0.05, 0.1) is 5.02 Å². The Hall–Kier alpha value is -0.670. The molecule has 0 spiro atoms. The lowest BCUT2D eigenvalue weighted by atomic mass is 9.99. The standard InChI is InChI=1S/C16H24ClF2N/c1-3-5-6-7-8-9-16(20-4-2)12-10-15(19)13(17)11-14(12)18/h10-11,16,20H,3-9H2,1-2H3. The molecule has 1 aromatic carbocycles. The van der Waals surface area contributed by atoms with Crippen LogP contribution in [0.5, 0.6) is 0 Å². The molecule has 0 aliphatic carbocycles. The first kappa shape index (κ1) is 17.4. The maximum atomic E-state index is 13.9. The molecule has 0 bridgehead atoms. The van der Waals surface area contributed by atoms with E-state index in [1.165, 1.54) is 25.3 Å². The third-order valence-electron chi connectivity index (χ3n) is 3.46. The molecule has 1 rings (SSSR count). The average molecular weight is 304 g/mol. The van der Waals surface area contributed by atoms with Crippen LogP contribution in [0, 0.1) is 11.6 Å². The van der Waals surface area contributed by atoms with Gasteiger partial charge in [-0.15, -0.1) is 0 Å². The number of benzene rings is 1. The fraction of sp³-hybridized carbons (Fsp3) is 0.625. The van der Waals surface area contributed by atoms with Crippen LogP contribution in [0.3, 0.4) is 0 Å². The monoisotopic (exact) mass is 303 g/mol. The van der Waals surface area contributed by atoms with Crippen LogP contribution in [0.2, 0.25) is 5.02 Å². The van der Waals surface area contributed by atoms with Crippen molar-refractivity contribution in [1.82, 2.24) is 5.32 Å². The maximum absolute atomic E-state index is 13.9. The molecule has 0 radical (unpaired) electrons. The smallest absolute Gasteiger partial charge is 0.142 e. The Labute approximate surface area is 125 Å². The second-order valence-corrected chi connectivity index (χ2v) is 5.51. The molecular formula is C16H24ClF2N. The first-order valence-corrected chi connectivity index (χ1v) is 7.85. The summed E-state index contributed by atoms with van der Waals surface area (Å²) in [5.74, 6) is -0.993. The van der Waals surface area contributed by atoms with Crippen LogP contribution in [0.25, 0.3) is 0 Å². The van der Waals surface area contributed by atoms with Crippen LogP contribution in [-0.2, 0) is 0 Å². The highest BCUT2D eigenvalue weighted by atomic mass is 35.5. The Bertz CT molecular complexity index is 410. The van der Waals surface area contributed by atoms with Gasteiger partial charge in [0.15, 0.2) is 0 Å². The van der Waals surface area contributed by atoms with Crippen LogP contribution in [0.4, 0.5) is 8.78 Å². The second kappa shape index (κ2) is 9.30. The lowest BCUT2D eigenvalue weighted by molar-refractivity contribution is 0.455. The summed E-state index contributed by atoms with van der Waals surface area (Å²) in [5.41, 5.74) is 0.379. The number of hydrogen-bond acceptors (Lipinski definition) is 1. The SMILES string of the molecule is CCCCCCCC(NCC)c1cc(F)c(Cl)cc1F. The Morgan fingerprint density at radius 2 is 1.75 bits per heavy atom. The van der Waals surface area contributed by atoms with Crippen LogP contribution < -0.4 is 5.32 Å². The molecule has 4 heteroatoms. The Kier molecular flexibility index (Phi) is 8.08. The maximum Gasteiger partial charge on any atom is 0.142 e. The van der Waals surface area contributed by atoms with Gasteiger partial charge in [-0.2, -0.15) is 0 Å². The number of nitrogens with one attached hydrogen (secondary N) is 1. The molecule has 0 saturated heterocycles. The van der Waals surface area contributed by atoms with Crippen molar-refractivity contribution in [3.05, 3.63) is 34.4 Å². The largest absolute Gasteiger partial charge is 0.310 e. The van der Waals surface area contributed by atoms with E-state index in [2.05, 4.69) is 12.2 Å². The molecule has 0 aliphatic rings. The number of halogens is 3. The van der Waals surface area contributed by atoms with Crippen molar-refractivity contribution in [2.75, 3.05) is 6.54 Å². The van der Waals surface area contributed by atoms with Crippen molar-refractivity contribution in [2.45, 2.75) is 58.4 Å². The summed E-state index contributed by atoms with van der Waals surface area (Å²) in [4.78, 5) is 0. The third-order valence-corrected chi connectivity index (χ3v) is 3.75. The van der Waals surface area contributed by atoms with Crippen molar-refractivity contribution in [3.8, 4) is 0 Å². The Morgan fingerprint density at radius 1 is 1.05 bits per heavy atom. The van der Waals surface area contributed by atoms with Crippen LogP contribution in [0.1, 0.15) is 64.0 Å². The van der Waals surface area contributed by atoms with E-state index in [4.69, 9.17) is 11.6 Å². The predicted molar refractivity (Wildman–Crippen MR) is 81.2 cm³/mol. The van der Waals surface area contributed by atoms with Gasteiger partial charge in [0, 0.05) is 11.6 Å². The fourth-order valence-electron chi connectivity index (χ4n) is 2.37. The van der Waals surface area contributed by atoms with E-state index < -0.39 is 11.6 Å². The van der Waals surface area contributed by atoms with Crippen molar-refractivity contribution in [2.24, 2.45) is 0 Å². The van der Waals surface area contributed by atoms with Gasteiger partial charge in [-0.25, -0.2) is 8.78 Å². The van der Waals surface area contributed by atoms with E-state index in [0.717, 1.165) is 31.9 Å². The van der Waals surface area contributed by atoms with Crippen molar-refractivity contribution < 1.29 is 8.78 Å². The van der Waals surface area contributed by atoms with E-state index in [9.17, 15) is 8.78 Å². The van der Waals surface area contributed by atoms with Crippen molar-refractivity contribution in [3.63, 3.8) is 0 Å². The van der Waals surface area contributed by atoms with Gasteiger partial charge in [0.25, 0.3) is 0 Å². The molecular weight excluding hydrogens is 280 g/mol. The Morgan fingerprint density at radius 3 is 2.40 bits per heavy atom. The molecule has 1 nitrogen and oxygen atoms in total. The van der Waals surface area contributed by atoms with E-state index in [-0.39, 0.29) is 11.1 Å². The third kappa shape index (κ3) is 5.37. The zero-order valence-corrected chi connectivity index (χ0v) is 13.1. The molecule has 0 amide bonds. The fourth-order valence-corrected chi connectivity index (χ4v) is 2.52. The minimum atomic E-state index is -0.558. The van der Waals surface area contributed by atoms with Gasteiger partial charge in [0.2, 0.25) is 0 Å². The molecule has 20 heavy (non-hydrogen) atoms. The first-order chi connectivity index (χ1) is 9.60. The van der Waals surface area contributed by atoms with Crippen molar-refractivity contribution in [1.29, 1.82) is 0 Å². The van der Waals surface area contributed by atoms with Crippen molar-refractivity contribution >= 4 is 11.6 Å². The molecule has 0 fully saturated rings.